The molecule has 0 spiro atoms. The molecule has 1 aliphatic rings. The maximum absolute atomic E-state index is 3.47. The molecule has 3 heteroatoms. The molecular weight excluding hydrogens is 162 g/mol. The number of hydrogen-bond donors (Lipinski definition) is 1. The van der Waals surface area contributed by atoms with Crippen LogP contribution in [0.5, 0.6) is 0 Å². The number of hydrogen-bond acceptors (Lipinski definition) is 3. The summed E-state index contributed by atoms with van der Waals surface area (Å²) in [4.78, 5) is 2.50. The lowest BCUT2D eigenvalue weighted by atomic mass is 10.3. The highest BCUT2D eigenvalue weighted by Crippen LogP contribution is 1.98. The van der Waals surface area contributed by atoms with Gasteiger partial charge in [0, 0.05) is 32.7 Å². The van der Waals surface area contributed by atoms with Crippen LogP contribution in [0.25, 0.3) is 0 Å². The lowest BCUT2D eigenvalue weighted by Crippen LogP contribution is -2.51. The van der Waals surface area contributed by atoms with Crippen molar-refractivity contribution in [2.75, 3.05) is 39.3 Å². The van der Waals surface area contributed by atoms with Crippen molar-refractivity contribution in [3.63, 3.8) is 0 Å². The van der Waals surface area contributed by atoms with E-state index in [1.54, 1.807) is 0 Å². The van der Waals surface area contributed by atoms with Gasteiger partial charge in [-0.1, -0.05) is 20.3 Å². The zero-order chi connectivity index (χ0) is 9.52. The van der Waals surface area contributed by atoms with Crippen molar-refractivity contribution in [1.82, 2.24) is 15.3 Å². The molecule has 13 heavy (non-hydrogen) atoms. The Morgan fingerprint density at radius 2 is 1.77 bits per heavy atom. The summed E-state index contributed by atoms with van der Waals surface area (Å²) in [6, 6.07) is 0. The minimum Gasteiger partial charge on any atom is -0.301 e. The molecule has 0 unspecified atom stereocenters. The van der Waals surface area contributed by atoms with E-state index >= 15 is 0 Å². The van der Waals surface area contributed by atoms with Gasteiger partial charge in [0.05, 0.1) is 0 Å². The van der Waals surface area contributed by atoms with Gasteiger partial charge in [0.2, 0.25) is 0 Å². The van der Waals surface area contributed by atoms with E-state index in [0.29, 0.717) is 0 Å². The maximum Gasteiger partial charge on any atom is 0.0259 e. The van der Waals surface area contributed by atoms with Gasteiger partial charge in [0.25, 0.3) is 0 Å². The fourth-order valence-corrected chi connectivity index (χ4v) is 1.64. The van der Waals surface area contributed by atoms with E-state index in [4.69, 9.17) is 0 Å². The van der Waals surface area contributed by atoms with E-state index in [1.165, 1.54) is 45.6 Å². The first kappa shape index (κ1) is 11.0. The van der Waals surface area contributed by atoms with Crippen molar-refractivity contribution in [3.8, 4) is 0 Å². The monoisotopic (exact) mass is 185 g/mol. The van der Waals surface area contributed by atoms with E-state index in [0.717, 1.165) is 6.54 Å². The summed E-state index contributed by atoms with van der Waals surface area (Å²) in [5, 5.41) is 2.36. The van der Waals surface area contributed by atoms with Crippen molar-refractivity contribution < 1.29 is 0 Å². The Hall–Kier alpha value is -0.120. The Morgan fingerprint density at radius 3 is 2.31 bits per heavy atom. The lowest BCUT2D eigenvalue weighted by Gasteiger charge is -2.34. The number of piperazine rings is 1. The van der Waals surface area contributed by atoms with Crippen molar-refractivity contribution in [2.45, 2.75) is 26.7 Å². The molecule has 1 heterocycles. The Bertz CT molecular complexity index is 117. The summed E-state index contributed by atoms with van der Waals surface area (Å²) in [7, 11) is 0. The first-order chi connectivity index (χ1) is 6.36. The van der Waals surface area contributed by atoms with E-state index in [2.05, 4.69) is 29.2 Å². The van der Waals surface area contributed by atoms with Gasteiger partial charge < -0.3 is 4.90 Å². The van der Waals surface area contributed by atoms with Gasteiger partial charge in [0.15, 0.2) is 0 Å². The molecule has 0 bridgehead atoms. The van der Waals surface area contributed by atoms with Crippen LogP contribution in [0.2, 0.25) is 0 Å². The molecule has 1 N–H and O–H groups in total. The minimum absolute atomic E-state index is 1.14. The largest absolute Gasteiger partial charge is 0.301 e. The summed E-state index contributed by atoms with van der Waals surface area (Å²) in [5.74, 6) is 0. The predicted molar refractivity (Wildman–Crippen MR) is 56.6 cm³/mol. The Kier molecular flexibility index (Phi) is 5.35. The van der Waals surface area contributed by atoms with Crippen LogP contribution in [-0.4, -0.2) is 49.2 Å². The molecule has 78 valence electrons. The number of hydrazine groups is 1. The van der Waals surface area contributed by atoms with E-state index in [1.807, 2.05) is 0 Å². The average Bonchev–Trinajstić information content (AvgIpc) is 2.19. The molecule has 0 atom stereocenters. The highest BCUT2D eigenvalue weighted by Gasteiger charge is 2.13. The van der Waals surface area contributed by atoms with Gasteiger partial charge in [-0.05, 0) is 13.0 Å². The smallest absolute Gasteiger partial charge is 0.0259 e. The quantitative estimate of drug-likeness (QED) is 0.643. The Labute approximate surface area is 82.1 Å². The molecule has 0 radical (unpaired) electrons. The molecule has 0 aromatic heterocycles. The van der Waals surface area contributed by atoms with Gasteiger partial charge >= 0.3 is 0 Å². The lowest BCUT2D eigenvalue weighted by molar-refractivity contribution is 0.0927. The second-order valence-corrected chi connectivity index (χ2v) is 3.68. The molecule has 1 fully saturated rings. The minimum atomic E-state index is 1.14. The predicted octanol–water partition coefficient (Wildman–Crippen LogP) is 0.929. The molecule has 0 amide bonds. The normalized spacial score (nSPS) is 20.8. The molecule has 1 aliphatic heterocycles. The number of nitrogens with one attached hydrogen (secondary N) is 1. The highest BCUT2D eigenvalue weighted by atomic mass is 15.5. The van der Waals surface area contributed by atoms with Crippen molar-refractivity contribution in [1.29, 1.82) is 0 Å². The summed E-state index contributed by atoms with van der Waals surface area (Å²) < 4.78 is 0. The summed E-state index contributed by atoms with van der Waals surface area (Å²) in [6.45, 7) is 11.6. The summed E-state index contributed by atoms with van der Waals surface area (Å²) in [6.07, 6.45) is 2.57. The molecule has 0 aromatic carbocycles. The third kappa shape index (κ3) is 4.07. The molecule has 0 aliphatic carbocycles. The molecular formula is C10H23N3. The zero-order valence-electron chi connectivity index (χ0n) is 9.05. The first-order valence-electron chi connectivity index (χ1n) is 5.57. The Morgan fingerprint density at radius 1 is 1.08 bits per heavy atom. The number of rotatable bonds is 5. The second-order valence-electron chi connectivity index (χ2n) is 3.68. The number of nitrogens with zero attached hydrogens (tertiary/aromatic N) is 2. The van der Waals surface area contributed by atoms with Gasteiger partial charge in [-0.2, -0.15) is 0 Å². The third-order valence-electron chi connectivity index (χ3n) is 2.69. The topological polar surface area (TPSA) is 18.5 Å². The number of likely N-dealkylation sites (N-methyl/N-ethyl adjacent to an activating group) is 1. The van der Waals surface area contributed by atoms with Crippen LogP contribution in [0.1, 0.15) is 26.7 Å². The number of unbranched alkanes of at least 4 members (excludes halogenated alkanes) is 1. The van der Waals surface area contributed by atoms with E-state index in [-0.39, 0.29) is 0 Å². The highest BCUT2D eigenvalue weighted by molar-refractivity contribution is 4.67. The van der Waals surface area contributed by atoms with Gasteiger partial charge in [-0.15, -0.1) is 0 Å². The molecule has 0 saturated carbocycles. The Balaban J connectivity index is 2.03. The van der Waals surface area contributed by atoms with Crippen LogP contribution >= 0.6 is 0 Å². The fraction of sp³-hybridized carbons (Fsp3) is 1.00. The molecule has 1 rings (SSSR count). The molecule has 1 saturated heterocycles. The van der Waals surface area contributed by atoms with E-state index < -0.39 is 0 Å². The molecule has 3 nitrogen and oxygen atoms in total. The SMILES string of the molecule is CCCCNN1CCN(CC)CC1. The fourth-order valence-electron chi connectivity index (χ4n) is 1.64. The first-order valence-corrected chi connectivity index (χ1v) is 5.57. The van der Waals surface area contributed by atoms with Gasteiger partial charge in [0.1, 0.15) is 0 Å². The zero-order valence-corrected chi connectivity index (χ0v) is 9.05. The summed E-state index contributed by atoms with van der Waals surface area (Å²) in [5.41, 5.74) is 3.47. The van der Waals surface area contributed by atoms with Gasteiger partial charge in [-0.3, -0.25) is 5.43 Å². The maximum atomic E-state index is 3.47. The van der Waals surface area contributed by atoms with Crippen molar-refractivity contribution in [3.05, 3.63) is 0 Å². The van der Waals surface area contributed by atoms with Crippen LogP contribution in [0.3, 0.4) is 0 Å². The third-order valence-corrected chi connectivity index (χ3v) is 2.69. The van der Waals surface area contributed by atoms with Crippen molar-refractivity contribution in [2.24, 2.45) is 0 Å². The van der Waals surface area contributed by atoms with Gasteiger partial charge in [-0.25, -0.2) is 5.01 Å². The van der Waals surface area contributed by atoms with Crippen LogP contribution in [-0.2, 0) is 0 Å². The van der Waals surface area contributed by atoms with Crippen LogP contribution in [0, 0.1) is 0 Å². The van der Waals surface area contributed by atoms with Crippen molar-refractivity contribution >= 4 is 0 Å². The van der Waals surface area contributed by atoms with Crippen LogP contribution in [0.4, 0.5) is 0 Å². The van der Waals surface area contributed by atoms with E-state index in [9.17, 15) is 0 Å². The molecule has 0 aromatic rings. The summed E-state index contributed by atoms with van der Waals surface area (Å²) >= 11 is 0. The second kappa shape index (κ2) is 6.35. The standard InChI is InChI=1S/C10H23N3/c1-3-5-6-11-13-9-7-12(4-2)8-10-13/h11H,3-10H2,1-2H3. The van der Waals surface area contributed by atoms with Crippen LogP contribution in [0.15, 0.2) is 0 Å². The average molecular weight is 185 g/mol. The van der Waals surface area contributed by atoms with Crippen LogP contribution < -0.4 is 5.43 Å².